The molecule has 54 heavy (non-hydrogen) atoms. The Kier molecular flexibility index (Phi) is 25.7. The largest absolute Gasteiger partial charge is 0.491 e. The zero-order chi connectivity index (χ0) is 40.4. The van der Waals surface area contributed by atoms with E-state index in [1.807, 2.05) is 19.1 Å². The molecular weight excluding hydrogens is 723 g/mol. The van der Waals surface area contributed by atoms with E-state index < -0.39 is 16.1 Å². The summed E-state index contributed by atoms with van der Waals surface area (Å²) in [7, 11) is -1.97. The molecule has 0 unspecified atom stereocenters. The van der Waals surface area contributed by atoms with Gasteiger partial charge in [0.2, 0.25) is 0 Å². The van der Waals surface area contributed by atoms with Gasteiger partial charge in [-0.3, -0.25) is 0 Å². The molecule has 11 nitrogen and oxygen atoms in total. The Hall–Kier alpha value is -1.86. The minimum Gasteiger partial charge on any atom is -0.491 e. The van der Waals surface area contributed by atoms with Crippen LogP contribution in [0.15, 0.2) is 12.1 Å². The average Bonchev–Trinajstić information content (AvgIpc) is 3.10. The van der Waals surface area contributed by atoms with Gasteiger partial charge in [-0.25, -0.2) is 4.98 Å². The molecule has 0 aromatic carbocycles. The summed E-state index contributed by atoms with van der Waals surface area (Å²) in [5.41, 5.74) is 8.53. The van der Waals surface area contributed by atoms with E-state index in [1.165, 1.54) is 0 Å². The molecule has 0 bridgehead atoms. The molecule has 0 saturated carbocycles. The van der Waals surface area contributed by atoms with E-state index in [-0.39, 0.29) is 16.2 Å². The van der Waals surface area contributed by atoms with Gasteiger partial charge in [-0.1, -0.05) is 79.6 Å². The maximum atomic E-state index is 6.18. The maximum Gasteiger partial charge on any atom is 0.138 e. The zero-order valence-corrected chi connectivity index (χ0v) is 37.8. The van der Waals surface area contributed by atoms with E-state index in [9.17, 15) is 0 Å². The number of methoxy groups -OCH3 is 1. The van der Waals surface area contributed by atoms with Crippen LogP contribution in [0.5, 0.6) is 5.75 Å². The molecule has 0 aliphatic carbocycles. The first-order chi connectivity index (χ1) is 25.5. The van der Waals surface area contributed by atoms with Gasteiger partial charge in [-0.05, 0) is 17.0 Å². The number of aromatic nitrogens is 1. The van der Waals surface area contributed by atoms with Gasteiger partial charge < -0.3 is 47.4 Å². The van der Waals surface area contributed by atoms with Crippen LogP contribution in [-0.2, 0) is 42.6 Å². The van der Waals surface area contributed by atoms with Crippen molar-refractivity contribution in [3.05, 3.63) is 23.5 Å². The van der Waals surface area contributed by atoms with Crippen molar-refractivity contribution in [3.63, 3.8) is 0 Å². The molecule has 1 aromatic heterocycles. The van der Waals surface area contributed by atoms with Crippen LogP contribution in [0.25, 0.3) is 0 Å². The Bertz CT molecular complexity index is 1200. The highest BCUT2D eigenvalue weighted by atomic mass is 28.3. The minimum atomic E-state index is -1.81. The van der Waals surface area contributed by atoms with Gasteiger partial charge >= 0.3 is 0 Å². The van der Waals surface area contributed by atoms with Gasteiger partial charge in [0.1, 0.15) is 39.9 Å². The Morgan fingerprint density at radius 2 is 0.852 bits per heavy atom. The Labute approximate surface area is 330 Å². The lowest BCUT2D eigenvalue weighted by atomic mass is 10.2. The van der Waals surface area contributed by atoms with Gasteiger partial charge in [0.25, 0.3) is 0 Å². The number of rotatable bonds is 28. The summed E-state index contributed by atoms with van der Waals surface area (Å²) < 4.78 is 55.5. The fraction of sp³-hybridized carbons (Fsp3) is 0.780. The predicted octanol–water partition coefficient (Wildman–Crippen LogP) is 6.43. The number of nitrogens with zero attached hydrogens (tertiary/aromatic N) is 1. The van der Waals surface area contributed by atoms with Crippen LogP contribution < -0.4 is 4.74 Å². The first-order valence-electron chi connectivity index (χ1n) is 19.3. The van der Waals surface area contributed by atoms with Crippen LogP contribution in [0, 0.1) is 22.9 Å². The van der Waals surface area contributed by atoms with Crippen LogP contribution in [0.1, 0.15) is 59.9 Å². The predicted molar refractivity (Wildman–Crippen MR) is 221 cm³/mol. The maximum absolute atomic E-state index is 6.18. The summed E-state index contributed by atoms with van der Waals surface area (Å²) in [5.74, 6) is 7.43. The van der Waals surface area contributed by atoms with Crippen molar-refractivity contribution in [2.24, 2.45) is 0 Å². The van der Waals surface area contributed by atoms with Crippen molar-refractivity contribution < 1.29 is 47.4 Å². The highest BCUT2D eigenvalue weighted by Crippen LogP contribution is 2.36. The number of ether oxygens (including phenoxy) is 10. The van der Waals surface area contributed by atoms with Crippen molar-refractivity contribution in [2.45, 2.75) is 90.8 Å². The second-order valence-corrected chi connectivity index (χ2v) is 26.1. The molecule has 1 aromatic rings. The lowest BCUT2D eigenvalue weighted by Gasteiger charge is -2.31. The van der Waals surface area contributed by atoms with Crippen molar-refractivity contribution in [2.75, 3.05) is 119 Å². The lowest BCUT2D eigenvalue weighted by molar-refractivity contribution is -0.0309. The molecule has 0 aliphatic heterocycles. The van der Waals surface area contributed by atoms with Gasteiger partial charge in [0, 0.05) is 19.2 Å². The van der Waals surface area contributed by atoms with E-state index in [2.05, 4.69) is 90.7 Å². The Morgan fingerprint density at radius 3 is 1.17 bits per heavy atom. The summed E-state index contributed by atoms with van der Waals surface area (Å²) in [4.78, 5) is 4.81. The summed E-state index contributed by atoms with van der Waals surface area (Å²) in [6.07, 6.45) is -0.128. The quantitative estimate of drug-likeness (QED) is 0.0533. The Morgan fingerprint density at radius 1 is 0.537 bits per heavy atom. The molecule has 0 spiro atoms. The fourth-order valence-electron chi connectivity index (χ4n) is 3.67. The molecule has 1 heterocycles. The monoisotopic (exact) mass is 795 g/mol. The van der Waals surface area contributed by atoms with Crippen molar-refractivity contribution >= 4 is 16.1 Å². The summed E-state index contributed by atoms with van der Waals surface area (Å²) >= 11 is 0. The minimum absolute atomic E-state index is 0.128. The van der Waals surface area contributed by atoms with Crippen molar-refractivity contribution in [1.82, 2.24) is 4.98 Å². The van der Waals surface area contributed by atoms with Crippen molar-refractivity contribution in [3.8, 4) is 28.7 Å². The third-order valence-corrected chi connectivity index (χ3v) is 18.3. The van der Waals surface area contributed by atoms with Gasteiger partial charge in [-0.15, -0.1) is 11.1 Å². The summed E-state index contributed by atoms with van der Waals surface area (Å²) in [5, 5.41) is 0.313. The van der Waals surface area contributed by atoms with Crippen LogP contribution >= 0.6 is 0 Å². The van der Waals surface area contributed by atoms with E-state index >= 15 is 0 Å². The first kappa shape index (κ1) is 50.2. The smallest absolute Gasteiger partial charge is 0.138 e. The number of pyridine rings is 1. The third kappa shape index (κ3) is 23.9. The van der Waals surface area contributed by atoms with Gasteiger partial charge in [0.15, 0.2) is 0 Å². The molecule has 0 amide bonds. The van der Waals surface area contributed by atoms with Gasteiger partial charge in [0.05, 0.1) is 112 Å². The molecule has 13 heteroatoms. The standard InChI is InChI=1S/C41H73NO10Si2/c1-36(51-30-29-50-28-27-49-26-25-48-24-23-47-22-21-46-20-19-45-18-17-44-16-15-43-8)35-52-39-33-37(13-31-53(9,10)40(2,3)4)42-38(34-39)14-32-54(11,12)41(5,6)7/h33-34,36H,15-30,35H2,1-12H3/t36-/m1/s1. The highest BCUT2D eigenvalue weighted by Gasteiger charge is 2.34. The first-order valence-corrected chi connectivity index (χ1v) is 25.3. The van der Waals surface area contributed by atoms with E-state index in [1.54, 1.807) is 7.11 Å². The molecule has 0 radical (unpaired) electrons. The summed E-state index contributed by atoms with van der Waals surface area (Å²) in [6, 6.07) is 3.82. The second kappa shape index (κ2) is 27.7. The van der Waals surface area contributed by atoms with E-state index in [4.69, 9.17) is 52.4 Å². The SMILES string of the molecule is COCCOCCOCCOCCOCCOCCOCCOCCO[C@H](C)COc1cc(C#C[Si](C)(C)C(C)(C)C)nc(C#C[Si](C)(C)C(C)(C)C)c1. The topological polar surface area (TPSA) is 105 Å². The van der Waals surface area contributed by atoms with E-state index in [0.717, 1.165) is 0 Å². The van der Waals surface area contributed by atoms with Crippen LogP contribution in [0.2, 0.25) is 36.3 Å². The molecular formula is C41H73NO10Si2. The summed E-state index contributed by atoms with van der Waals surface area (Å²) in [6.45, 7) is 33.4. The molecule has 0 N–H and O–H groups in total. The van der Waals surface area contributed by atoms with E-state index in [0.29, 0.717) is 129 Å². The molecule has 1 rings (SSSR count). The van der Waals surface area contributed by atoms with Crippen LogP contribution in [0.4, 0.5) is 0 Å². The molecule has 310 valence electrons. The third-order valence-electron chi connectivity index (χ3n) is 9.33. The molecule has 1 atom stereocenters. The second-order valence-electron chi connectivity index (χ2n) is 16.1. The fourth-order valence-corrected chi connectivity index (χ4v) is 5.30. The van der Waals surface area contributed by atoms with Crippen molar-refractivity contribution in [1.29, 1.82) is 0 Å². The average molecular weight is 796 g/mol. The van der Waals surface area contributed by atoms with Crippen LogP contribution in [0.3, 0.4) is 0 Å². The van der Waals surface area contributed by atoms with Crippen LogP contribution in [-0.4, -0.2) is 147 Å². The normalized spacial score (nSPS) is 12.9. The zero-order valence-electron chi connectivity index (χ0n) is 35.8. The molecule has 0 saturated heterocycles. The number of hydrogen-bond acceptors (Lipinski definition) is 11. The molecule has 0 aliphatic rings. The number of hydrogen-bond donors (Lipinski definition) is 0. The lowest BCUT2D eigenvalue weighted by Crippen LogP contribution is -2.35. The highest BCUT2D eigenvalue weighted by molar-refractivity contribution is 6.88. The molecule has 0 fully saturated rings. The Balaban J connectivity index is 2.25. The van der Waals surface area contributed by atoms with Gasteiger partial charge in [-0.2, -0.15) is 0 Å².